The normalized spacial score (nSPS) is 17.3. The van der Waals surface area contributed by atoms with E-state index in [1.165, 1.54) is 26.4 Å². The molecule has 0 spiro atoms. The molecular formula is C27H27FN2O4. The van der Waals surface area contributed by atoms with Gasteiger partial charge in [0.05, 0.1) is 20.8 Å². The number of aryl methyl sites for hydroxylation is 1. The maximum atomic E-state index is 14.2. The van der Waals surface area contributed by atoms with Crippen molar-refractivity contribution in [2.24, 2.45) is 7.05 Å². The van der Waals surface area contributed by atoms with Crippen LogP contribution in [0.3, 0.4) is 0 Å². The summed E-state index contributed by atoms with van der Waals surface area (Å²) in [6.45, 7) is 2.38. The van der Waals surface area contributed by atoms with Crippen LogP contribution < -0.4 is 5.32 Å². The minimum absolute atomic E-state index is 0.110. The van der Waals surface area contributed by atoms with Gasteiger partial charge in [-0.25, -0.2) is 4.39 Å². The molecule has 0 saturated carbocycles. The Balaban J connectivity index is 1.65. The Morgan fingerprint density at radius 2 is 1.88 bits per heavy atom. The van der Waals surface area contributed by atoms with Gasteiger partial charge in [0.15, 0.2) is 11.5 Å². The van der Waals surface area contributed by atoms with Crippen molar-refractivity contribution in [1.82, 2.24) is 9.88 Å². The van der Waals surface area contributed by atoms with E-state index in [1.54, 1.807) is 18.2 Å². The zero-order valence-electron chi connectivity index (χ0n) is 19.6. The summed E-state index contributed by atoms with van der Waals surface area (Å²) in [5.74, 6) is -0.680. The number of ether oxygens (including phenoxy) is 2. The highest BCUT2D eigenvalue weighted by atomic mass is 19.1. The molecular weight excluding hydrogens is 435 g/mol. The highest BCUT2D eigenvalue weighted by molar-refractivity contribution is 6.07. The maximum Gasteiger partial charge on any atom is 0.261 e. The van der Waals surface area contributed by atoms with Gasteiger partial charge in [0.1, 0.15) is 5.82 Å². The first-order chi connectivity index (χ1) is 16.3. The number of fused-ring (bicyclic) bond motifs is 1. The summed E-state index contributed by atoms with van der Waals surface area (Å²) in [6, 6.07) is 8.53. The molecule has 4 rings (SSSR count). The Hall–Kier alpha value is -3.87. The quantitative estimate of drug-likeness (QED) is 0.666. The van der Waals surface area contributed by atoms with Crippen LogP contribution in [0.4, 0.5) is 4.39 Å². The number of hydrogen-bond donors (Lipinski definition) is 1. The van der Waals surface area contributed by atoms with Gasteiger partial charge in [-0.3, -0.25) is 9.59 Å². The molecule has 7 heteroatoms. The van der Waals surface area contributed by atoms with Gasteiger partial charge in [0.2, 0.25) is 5.91 Å². The van der Waals surface area contributed by atoms with E-state index in [4.69, 9.17) is 9.47 Å². The summed E-state index contributed by atoms with van der Waals surface area (Å²) >= 11 is 0. The number of nitrogens with one attached hydrogen (secondary N) is 1. The zero-order valence-corrected chi connectivity index (χ0v) is 19.6. The van der Waals surface area contributed by atoms with Gasteiger partial charge in [-0.05, 0) is 71.7 Å². The number of carbonyl (C=O) groups is 2. The van der Waals surface area contributed by atoms with E-state index in [0.29, 0.717) is 12.1 Å². The average Bonchev–Trinajstić information content (AvgIpc) is 3.34. The molecule has 1 aromatic heterocycles. The minimum Gasteiger partial charge on any atom is -0.492 e. The van der Waals surface area contributed by atoms with Crippen LogP contribution in [0, 0.1) is 5.82 Å². The van der Waals surface area contributed by atoms with Gasteiger partial charge < -0.3 is 19.4 Å². The molecule has 1 aromatic carbocycles. The molecule has 2 aliphatic rings. The summed E-state index contributed by atoms with van der Waals surface area (Å²) in [5.41, 5.74) is 5.20. The van der Waals surface area contributed by atoms with E-state index in [-0.39, 0.29) is 41.4 Å². The predicted octanol–water partition coefficient (Wildman–Crippen LogP) is 4.31. The summed E-state index contributed by atoms with van der Waals surface area (Å²) in [7, 11) is 4.79. The lowest BCUT2D eigenvalue weighted by atomic mass is 9.92. The van der Waals surface area contributed by atoms with Crippen LogP contribution >= 0.6 is 0 Å². The molecule has 1 N–H and O–H groups in total. The number of halogens is 1. The molecule has 0 saturated heterocycles. The lowest BCUT2D eigenvalue weighted by Crippen LogP contribution is -2.25. The van der Waals surface area contributed by atoms with Gasteiger partial charge >= 0.3 is 0 Å². The second-order valence-electron chi connectivity index (χ2n) is 8.37. The molecule has 34 heavy (non-hydrogen) atoms. The number of rotatable bonds is 7. The summed E-state index contributed by atoms with van der Waals surface area (Å²) < 4.78 is 26.5. The van der Waals surface area contributed by atoms with Gasteiger partial charge in [0, 0.05) is 31.3 Å². The van der Waals surface area contributed by atoms with Crippen molar-refractivity contribution in [3.8, 4) is 0 Å². The molecule has 0 bridgehead atoms. The molecule has 1 heterocycles. The van der Waals surface area contributed by atoms with Crippen LogP contribution in [0.2, 0.25) is 0 Å². The van der Waals surface area contributed by atoms with Crippen molar-refractivity contribution in [3.63, 3.8) is 0 Å². The third kappa shape index (κ3) is 4.46. The van der Waals surface area contributed by atoms with Crippen LogP contribution in [0.5, 0.6) is 0 Å². The van der Waals surface area contributed by atoms with E-state index in [1.807, 2.05) is 42.9 Å². The first kappa shape index (κ1) is 23.3. The van der Waals surface area contributed by atoms with E-state index in [2.05, 4.69) is 5.32 Å². The first-order valence-electron chi connectivity index (χ1n) is 11.0. The Morgan fingerprint density at radius 3 is 2.50 bits per heavy atom. The van der Waals surface area contributed by atoms with Crippen molar-refractivity contribution in [3.05, 3.63) is 100 Å². The minimum atomic E-state index is -0.346. The number of nitrogens with zero attached hydrogens (tertiary/aromatic N) is 1. The van der Waals surface area contributed by atoms with Gasteiger partial charge in [-0.15, -0.1) is 0 Å². The molecule has 6 nitrogen and oxygen atoms in total. The highest BCUT2D eigenvalue weighted by Crippen LogP contribution is 2.45. The van der Waals surface area contributed by atoms with Crippen LogP contribution in [-0.4, -0.2) is 30.5 Å². The monoisotopic (exact) mass is 462 g/mol. The molecule has 1 unspecified atom stereocenters. The average molecular weight is 463 g/mol. The Kier molecular flexibility index (Phi) is 6.54. The van der Waals surface area contributed by atoms with Gasteiger partial charge in [-0.1, -0.05) is 11.6 Å². The van der Waals surface area contributed by atoms with Crippen LogP contribution in [0.25, 0.3) is 5.57 Å². The largest absolute Gasteiger partial charge is 0.492 e. The fourth-order valence-electron chi connectivity index (χ4n) is 4.43. The second-order valence-corrected chi connectivity index (χ2v) is 8.37. The molecule has 176 valence electrons. The van der Waals surface area contributed by atoms with E-state index in [0.717, 1.165) is 28.0 Å². The third-order valence-corrected chi connectivity index (χ3v) is 6.33. The SMILES string of the molecule is COC1=CC(=CC2=C(C)C(CC(=O)NCc3cccn3C)c3cc(F)ccc32)C=C(OC)C1=O. The van der Waals surface area contributed by atoms with Gasteiger partial charge in [0.25, 0.3) is 5.78 Å². The van der Waals surface area contributed by atoms with Crippen molar-refractivity contribution in [2.75, 3.05) is 14.2 Å². The summed E-state index contributed by atoms with van der Waals surface area (Å²) in [4.78, 5) is 25.1. The molecule has 2 aromatic rings. The van der Waals surface area contributed by atoms with Crippen molar-refractivity contribution >= 4 is 17.3 Å². The van der Waals surface area contributed by atoms with Crippen molar-refractivity contribution in [2.45, 2.75) is 25.8 Å². The number of Topliss-reactive ketones (excluding diaryl/α,β-unsaturated/α-hetero) is 1. The van der Waals surface area contributed by atoms with Crippen LogP contribution in [-0.2, 0) is 32.7 Å². The van der Waals surface area contributed by atoms with Crippen molar-refractivity contribution in [1.29, 1.82) is 0 Å². The molecule has 0 radical (unpaired) electrons. The Morgan fingerprint density at radius 1 is 1.18 bits per heavy atom. The molecule has 2 aliphatic carbocycles. The molecule has 0 aliphatic heterocycles. The van der Waals surface area contributed by atoms with Gasteiger partial charge in [-0.2, -0.15) is 0 Å². The number of allylic oxidation sites excluding steroid dienone is 6. The number of benzene rings is 1. The lowest BCUT2D eigenvalue weighted by Gasteiger charge is -2.15. The van der Waals surface area contributed by atoms with E-state index >= 15 is 0 Å². The molecule has 1 amide bonds. The second kappa shape index (κ2) is 9.55. The van der Waals surface area contributed by atoms with E-state index < -0.39 is 0 Å². The Labute approximate surface area is 198 Å². The summed E-state index contributed by atoms with van der Waals surface area (Å²) in [5, 5.41) is 2.97. The number of amides is 1. The standard InChI is InChI=1S/C27H27FN2O4/c1-16-21(10-17-11-24(33-3)27(32)25(12-17)34-4)20-8-7-18(28)13-23(20)22(16)14-26(31)29-15-19-6-5-9-30(19)2/h5-13,22H,14-15H2,1-4H3,(H,29,31). The molecule has 1 atom stereocenters. The smallest absolute Gasteiger partial charge is 0.261 e. The number of aromatic nitrogens is 1. The fraction of sp³-hybridized carbons (Fsp3) is 0.259. The topological polar surface area (TPSA) is 69.6 Å². The maximum absolute atomic E-state index is 14.2. The van der Waals surface area contributed by atoms with Crippen LogP contribution in [0.15, 0.2) is 77.4 Å². The third-order valence-electron chi connectivity index (χ3n) is 6.33. The fourth-order valence-corrected chi connectivity index (χ4v) is 4.43. The van der Waals surface area contributed by atoms with E-state index in [9.17, 15) is 14.0 Å². The summed E-state index contributed by atoms with van der Waals surface area (Å²) in [6.07, 6.45) is 7.34. The zero-order chi connectivity index (χ0) is 24.4. The number of hydrogen-bond acceptors (Lipinski definition) is 4. The lowest BCUT2D eigenvalue weighted by molar-refractivity contribution is -0.121. The number of carbonyl (C=O) groups excluding carboxylic acids is 2. The first-order valence-corrected chi connectivity index (χ1v) is 11.0. The van der Waals surface area contributed by atoms with Crippen LogP contribution in [0.1, 0.15) is 36.1 Å². The molecule has 0 fully saturated rings. The highest BCUT2D eigenvalue weighted by Gasteiger charge is 2.31. The number of methoxy groups -OCH3 is 2. The number of ketones is 1. The predicted molar refractivity (Wildman–Crippen MR) is 127 cm³/mol. The van der Waals surface area contributed by atoms with Crippen molar-refractivity contribution < 1.29 is 23.5 Å². The Bertz CT molecular complexity index is 1250.